The molecule has 1 aliphatic rings. The van der Waals surface area contributed by atoms with Gasteiger partial charge in [-0.2, -0.15) is 0 Å². The van der Waals surface area contributed by atoms with E-state index in [2.05, 4.69) is 25.3 Å². The number of Topliss-reactive ketones (excluding diaryl/α,β-unsaturated/α-hetero) is 1. The Labute approximate surface area is 108 Å². The topological polar surface area (TPSA) is 41.9 Å². The molecule has 0 amide bonds. The number of fused-ring (bicyclic) bond motifs is 1. The Hall–Kier alpha value is -1.25. The molecule has 0 saturated carbocycles. The van der Waals surface area contributed by atoms with Crippen molar-refractivity contribution in [2.24, 2.45) is 4.99 Å². The van der Waals surface area contributed by atoms with E-state index in [1.807, 2.05) is 31.1 Å². The van der Waals surface area contributed by atoms with Crippen LogP contribution in [0.3, 0.4) is 0 Å². The fraction of sp³-hybridized carbons (Fsp3) is 0.333. The van der Waals surface area contributed by atoms with Crippen molar-refractivity contribution in [2.75, 3.05) is 14.1 Å². The van der Waals surface area contributed by atoms with Crippen molar-refractivity contribution in [2.45, 2.75) is 12.3 Å². The third-order valence-electron chi connectivity index (χ3n) is 2.64. The predicted octanol–water partition coefficient (Wildman–Crippen LogP) is 0.592. The van der Waals surface area contributed by atoms with Crippen LogP contribution >= 0.6 is 0 Å². The van der Waals surface area contributed by atoms with Gasteiger partial charge in [0.2, 0.25) is 0 Å². The maximum atomic E-state index is 12.3. The number of likely N-dealkylation sites (N-methyl/N-ethyl adjacent to an activating group) is 1. The summed E-state index contributed by atoms with van der Waals surface area (Å²) in [5.41, 5.74) is 0.578. The summed E-state index contributed by atoms with van der Waals surface area (Å²) >= 11 is 2.55. The molecule has 0 spiro atoms. The van der Waals surface area contributed by atoms with Crippen molar-refractivity contribution in [3.63, 3.8) is 0 Å². The summed E-state index contributed by atoms with van der Waals surface area (Å²) in [7, 11) is 3.71. The minimum absolute atomic E-state index is 0.0340. The van der Waals surface area contributed by atoms with Crippen LogP contribution in [0.4, 0.5) is 0 Å². The Morgan fingerprint density at radius 1 is 1.41 bits per heavy atom. The summed E-state index contributed by atoms with van der Waals surface area (Å²) in [6.07, 6.45) is -0.391. The molecular formula is C12H12N2O2Se. The van der Waals surface area contributed by atoms with Gasteiger partial charge in [-0.1, -0.05) is 0 Å². The van der Waals surface area contributed by atoms with Crippen LogP contribution in [-0.4, -0.2) is 57.3 Å². The number of benzene rings is 1. The molecule has 1 heterocycles. The number of para-hydroxylation sites is 1. The third-order valence-corrected chi connectivity index (χ3v) is 2.86. The molecular weight excluding hydrogens is 283 g/mol. The molecule has 0 fully saturated rings. The molecule has 88 valence electrons. The van der Waals surface area contributed by atoms with Gasteiger partial charge in [0.15, 0.2) is 0 Å². The SMILES string of the molecule is CN(C)C1Oc2ccccc2C(=O)C1N=C=[Se]. The summed E-state index contributed by atoms with van der Waals surface area (Å²) in [6, 6.07) is 6.65. The van der Waals surface area contributed by atoms with Crippen molar-refractivity contribution in [1.82, 2.24) is 4.90 Å². The van der Waals surface area contributed by atoms with E-state index in [4.69, 9.17) is 4.74 Å². The number of hydrogen-bond donors (Lipinski definition) is 0. The Morgan fingerprint density at radius 3 is 2.76 bits per heavy atom. The van der Waals surface area contributed by atoms with E-state index in [0.717, 1.165) is 0 Å². The average molecular weight is 295 g/mol. The van der Waals surface area contributed by atoms with E-state index >= 15 is 0 Å². The van der Waals surface area contributed by atoms with Crippen LogP contribution in [0.5, 0.6) is 5.75 Å². The number of carbonyl (C=O) groups is 1. The van der Waals surface area contributed by atoms with E-state index in [9.17, 15) is 4.79 Å². The van der Waals surface area contributed by atoms with Crippen molar-refractivity contribution < 1.29 is 9.53 Å². The van der Waals surface area contributed by atoms with Gasteiger partial charge in [0.05, 0.1) is 0 Å². The number of aliphatic imine (C=N–C) groups is 1. The maximum absolute atomic E-state index is 12.3. The molecule has 1 aromatic rings. The first-order valence-electron chi connectivity index (χ1n) is 5.18. The fourth-order valence-electron chi connectivity index (χ4n) is 1.82. The standard InChI is InChI=1S/C12H12N2O2Se/c1-14(2)12-10(13-7-17)11(15)8-5-3-4-6-9(8)16-12/h3-6,10,12H,1-2H3. The van der Waals surface area contributed by atoms with Gasteiger partial charge in [-0.25, -0.2) is 0 Å². The van der Waals surface area contributed by atoms with Gasteiger partial charge < -0.3 is 0 Å². The Morgan fingerprint density at radius 2 is 2.12 bits per heavy atom. The zero-order valence-electron chi connectivity index (χ0n) is 9.58. The molecule has 2 atom stereocenters. The normalized spacial score (nSPS) is 22.6. The van der Waals surface area contributed by atoms with E-state index in [1.165, 1.54) is 0 Å². The second kappa shape index (κ2) is 4.94. The van der Waals surface area contributed by atoms with Gasteiger partial charge in [0.25, 0.3) is 0 Å². The van der Waals surface area contributed by atoms with Crippen molar-refractivity contribution >= 4 is 26.1 Å². The molecule has 1 aliphatic heterocycles. The van der Waals surface area contributed by atoms with Crippen LogP contribution in [0.2, 0.25) is 0 Å². The first kappa shape index (κ1) is 12.2. The molecule has 0 radical (unpaired) electrons. The molecule has 2 rings (SSSR count). The molecule has 1 aromatic carbocycles. The number of carbonyl (C=O) groups excluding carboxylic acids is 1. The number of nitrogens with zero attached hydrogens (tertiary/aromatic N) is 2. The van der Waals surface area contributed by atoms with Gasteiger partial charge in [0, 0.05) is 0 Å². The van der Waals surface area contributed by atoms with E-state index in [-0.39, 0.29) is 5.78 Å². The molecule has 0 bridgehead atoms. The minimum atomic E-state index is -0.568. The van der Waals surface area contributed by atoms with Gasteiger partial charge in [-0.05, 0) is 0 Å². The zero-order valence-corrected chi connectivity index (χ0v) is 11.3. The molecule has 2 unspecified atom stereocenters. The van der Waals surface area contributed by atoms with Crippen LogP contribution in [0.15, 0.2) is 29.3 Å². The first-order valence-corrected chi connectivity index (χ1v) is 6.04. The average Bonchev–Trinajstić information content (AvgIpc) is 2.32. The van der Waals surface area contributed by atoms with Crippen LogP contribution < -0.4 is 4.74 Å². The fourth-order valence-corrected chi connectivity index (χ4v) is 2.06. The van der Waals surface area contributed by atoms with Crippen molar-refractivity contribution in [1.29, 1.82) is 0 Å². The zero-order chi connectivity index (χ0) is 12.4. The number of ether oxygens (including phenoxy) is 1. The van der Waals surface area contributed by atoms with Gasteiger partial charge in [0.1, 0.15) is 0 Å². The van der Waals surface area contributed by atoms with Gasteiger partial charge in [-0.15, -0.1) is 0 Å². The molecule has 0 saturated heterocycles. The molecule has 0 aliphatic carbocycles. The van der Waals surface area contributed by atoms with Gasteiger partial charge >= 0.3 is 107 Å². The number of ketones is 1. The Kier molecular flexibility index (Phi) is 3.55. The number of hydrogen-bond acceptors (Lipinski definition) is 4. The predicted molar refractivity (Wildman–Crippen MR) is 65.9 cm³/mol. The Balaban J connectivity index is 2.47. The van der Waals surface area contributed by atoms with E-state index in [1.54, 1.807) is 12.1 Å². The molecule has 0 N–H and O–H groups in total. The molecule has 0 aromatic heterocycles. The monoisotopic (exact) mass is 296 g/mol. The summed E-state index contributed by atoms with van der Waals surface area (Å²) in [5.74, 6) is 0.580. The van der Waals surface area contributed by atoms with E-state index in [0.29, 0.717) is 11.3 Å². The van der Waals surface area contributed by atoms with Crippen LogP contribution in [0.25, 0.3) is 0 Å². The van der Waals surface area contributed by atoms with Crippen LogP contribution in [0, 0.1) is 0 Å². The van der Waals surface area contributed by atoms with Crippen LogP contribution in [0.1, 0.15) is 10.4 Å². The summed E-state index contributed by atoms with van der Waals surface area (Å²) in [4.78, 5) is 18.1. The summed E-state index contributed by atoms with van der Waals surface area (Å²) in [6.45, 7) is 0. The van der Waals surface area contributed by atoms with E-state index < -0.39 is 12.3 Å². The van der Waals surface area contributed by atoms with Crippen molar-refractivity contribution in [3.8, 4) is 5.75 Å². The second-order valence-corrected chi connectivity index (χ2v) is 4.38. The van der Waals surface area contributed by atoms with Crippen LogP contribution in [-0.2, 0) is 0 Å². The van der Waals surface area contributed by atoms with Crippen molar-refractivity contribution in [3.05, 3.63) is 29.8 Å². The molecule has 4 nitrogen and oxygen atoms in total. The summed E-state index contributed by atoms with van der Waals surface area (Å²) in [5, 5.41) is 0. The quantitative estimate of drug-likeness (QED) is 0.592. The summed E-state index contributed by atoms with van der Waals surface area (Å²) < 4.78 is 8.34. The second-order valence-electron chi connectivity index (χ2n) is 4.00. The molecule has 5 heteroatoms. The molecule has 17 heavy (non-hydrogen) atoms. The Bertz CT molecular complexity index is 495. The number of rotatable bonds is 2. The third kappa shape index (κ3) is 2.24. The van der Waals surface area contributed by atoms with Gasteiger partial charge in [-0.3, -0.25) is 0 Å². The first-order chi connectivity index (χ1) is 8.15.